The third kappa shape index (κ3) is 2.69. The van der Waals surface area contributed by atoms with E-state index in [9.17, 15) is 9.18 Å². The Morgan fingerprint density at radius 3 is 2.58 bits per heavy atom. The van der Waals surface area contributed by atoms with Crippen LogP contribution in [0.15, 0.2) is 36.4 Å². The van der Waals surface area contributed by atoms with Crippen LogP contribution in [0.3, 0.4) is 0 Å². The van der Waals surface area contributed by atoms with Crippen LogP contribution in [0.25, 0.3) is 0 Å². The van der Waals surface area contributed by atoms with Gasteiger partial charge in [0.15, 0.2) is 5.78 Å². The highest BCUT2D eigenvalue weighted by Gasteiger charge is 2.17. The standard InChI is InChI=1S/C14H11ClFNO2/c1-19-9-3-4-10(12(15)7-9)14(18)11-6-8(17)2-5-13(11)16/h2-7H,17H2,1H3. The van der Waals surface area contributed by atoms with Crippen LogP contribution in [0.2, 0.25) is 5.02 Å². The van der Waals surface area contributed by atoms with E-state index >= 15 is 0 Å². The topological polar surface area (TPSA) is 52.3 Å². The molecule has 0 aromatic heterocycles. The zero-order valence-electron chi connectivity index (χ0n) is 10.1. The number of rotatable bonds is 3. The van der Waals surface area contributed by atoms with Gasteiger partial charge in [-0.25, -0.2) is 4.39 Å². The summed E-state index contributed by atoms with van der Waals surface area (Å²) in [5, 5.41) is 0.200. The fourth-order valence-electron chi connectivity index (χ4n) is 1.67. The van der Waals surface area contributed by atoms with Gasteiger partial charge in [0.1, 0.15) is 11.6 Å². The summed E-state index contributed by atoms with van der Waals surface area (Å²) >= 11 is 5.99. The van der Waals surface area contributed by atoms with Gasteiger partial charge >= 0.3 is 0 Å². The molecule has 3 nitrogen and oxygen atoms in total. The molecule has 0 atom stereocenters. The van der Waals surface area contributed by atoms with Crippen molar-refractivity contribution in [1.29, 1.82) is 0 Å². The average Bonchev–Trinajstić information content (AvgIpc) is 2.40. The molecule has 0 aliphatic carbocycles. The fraction of sp³-hybridized carbons (Fsp3) is 0.0714. The quantitative estimate of drug-likeness (QED) is 0.693. The van der Waals surface area contributed by atoms with Crippen molar-refractivity contribution in [3.63, 3.8) is 0 Å². The third-order valence-electron chi connectivity index (χ3n) is 2.66. The van der Waals surface area contributed by atoms with Gasteiger partial charge in [0.05, 0.1) is 17.7 Å². The highest BCUT2D eigenvalue weighted by Crippen LogP contribution is 2.26. The molecule has 0 saturated carbocycles. The van der Waals surface area contributed by atoms with Gasteiger partial charge in [-0.2, -0.15) is 0 Å². The van der Waals surface area contributed by atoms with E-state index in [4.69, 9.17) is 22.1 Å². The number of benzene rings is 2. The van der Waals surface area contributed by atoms with E-state index in [0.29, 0.717) is 11.4 Å². The maximum atomic E-state index is 13.6. The summed E-state index contributed by atoms with van der Waals surface area (Å²) in [6.07, 6.45) is 0. The summed E-state index contributed by atoms with van der Waals surface area (Å²) in [5.74, 6) is -0.627. The van der Waals surface area contributed by atoms with E-state index in [0.717, 1.165) is 6.07 Å². The second-order valence-corrected chi connectivity index (χ2v) is 4.32. The lowest BCUT2D eigenvalue weighted by atomic mass is 10.0. The summed E-state index contributed by atoms with van der Waals surface area (Å²) in [6.45, 7) is 0. The van der Waals surface area contributed by atoms with Gasteiger partial charge in [-0.3, -0.25) is 4.79 Å². The first-order valence-corrected chi connectivity index (χ1v) is 5.84. The number of nitrogens with two attached hydrogens (primary N) is 1. The molecular weight excluding hydrogens is 269 g/mol. The molecule has 0 bridgehead atoms. The molecule has 2 aromatic rings. The Kier molecular flexibility index (Phi) is 3.71. The molecule has 0 saturated heterocycles. The largest absolute Gasteiger partial charge is 0.497 e. The molecule has 2 N–H and O–H groups in total. The molecule has 0 aliphatic heterocycles. The number of nitrogen functional groups attached to an aromatic ring is 1. The van der Waals surface area contributed by atoms with E-state index in [1.807, 2.05) is 0 Å². The smallest absolute Gasteiger partial charge is 0.197 e. The van der Waals surface area contributed by atoms with Crippen molar-refractivity contribution in [2.45, 2.75) is 0 Å². The summed E-state index contributed by atoms with van der Waals surface area (Å²) in [4.78, 5) is 12.2. The second kappa shape index (κ2) is 5.28. The Hall–Kier alpha value is -2.07. The minimum Gasteiger partial charge on any atom is -0.497 e. The number of carbonyl (C=O) groups is 1. The fourth-order valence-corrected chi connectivity index (χ4v) is 1.93. The first kappa shape index (κ1) is 13.4. The van der Waals surface area contributed by atoms with Gasteiger partial charge < -0.3 is 10.5 Å². The summed E-state index contributed by atoms with van der Waals surface area (Å²) in [7, 11) is 1.49. The molecule has 0 radical (unpaired) electrons. The van der Waals surface area contributed by atoms with Crippen molar-refractivity contribution in [1.82, 2.24) is 0 Å². The predicted octanol–water partition coefficient (Wildman–Crippen LogP) is 3.30. The van der Waals surface area contributed by atoms with Crippen molar-refractivity contribution < 1.29 is 13.9 Å². The highest BCUT2D eigenvalue weighted by molar-refractivity contribution is 6.35. The number of hydrogen-bond donors (Lipinski definition) is 1. The van der Waals surface area contributed by atoms with Crippen LogP contribution in [-0.4, -0.2) is 12.9 Å². The van der Waals surface area contributed by atoms with E-state index < -0.39 is 11.6 Å². The third-order valence-corrected chi connectivity index (χ3v) is 2.97. The maximum absolute atomic E-state index is 13.6. The molecule has 19 heavy (non-hydrogen) atoms. The molecule has 0 heterocycles. The SMILES string of the molecule is COc1ccc(C(=O)c2cc(N)ccc2F)c(Cl)c1. The lowest BCUT2D eigenvalue weighted by Crippen LogP contribution is -2.06. The van der Waals surface area contributed by atoms with Crippen LogP contribution in [-0.2, 0) is 0 Å². The number of ether oxygens (including phenoxy) is 1. The number of ketones is 1. The van der Waals surface area contributed by atoms with E-state index in [1.165, 1.54) is 31.4 Å². The van der Waals surface area contributed by atoms with Crippen LogP contribution in [0.1, 0.15) is 15.9 Å². The molecule has 98 valence electrons. The van der Waals surface area contributed by atoms with Gasteiger partial charge in [-0.15, -0.1) is 0 Å². The van der Waals surface area contributed by atoms with Gasteiger partial charge in [-0.1, -0.05) is 11.6 Å². The van der Waals surface area contributed by atoms with Gasteiger partial charge in [0, 0.05) is 11.3 Å². The zero-order chi connectivity index (χ0) is 14.0. The van der Waals surface area contributed by atoms with Crippen molar-refractivity contribution in [2.75, 3.05) is 12.8 Å². The minimum atomic E-state index is -0.633. The molecular formula is C14H11ClFNO2. The monoisotopic (exact) mass is 279 g/mol. The molecule has 0 aliphatic rings. The Bertz CT molecular complexity index is 643. The van der Waals surface area contributed by atoms with Crippen LogP contribution in [0.5, 0.6) is 5.75 Å². The lowest BCUT2D eigenvalue weighted by Gasteiger charge is -2.07. The highest BCUT2D eigenvalue weighted by atomic mass is 35.5. The van der Waals surface area contributed by atoms with Crippen molar-refractivity contribution in [2.24, 2.45) is 0 Å². The van der Waals surface area contributed by atoms with Gasteiger partial charge in [0.2, 0.25) is 0 Å². The Morgan fingerprint density at radius 1 is 1.21 bits per heavy atom. The van der Waals surface area contributed by atoms with Crippen LogP contribution in [0, 0.1) is 5.82 Å². The molecule has 0 unspecified atom stereocenters. The number of halogens is 2. The van der Waals surface area contributed by atoms with Crippen LogP contribution >= 0.6 is 11.6 Å². The van der Waals surface area contributed by atoms with Crippen molar-refractivity contribution in [3.05, 3.63) is 58.4 Å². The average molecular weight is 280 g/mol. The normalized spacial score (nSPS) is 10.3. The summed E-state index contributed by atoms with van der Waals surface area (Å²) in [6, 6.07) is 8.41. The number of carbonyl (C=O) groups excluding carboxylic acids is 1. The number of methoxy groups -OCH3 is 1. The van der Waals surface area contributed by atoms with Gasteiger partial charge in [0.25, 0.3) is 0 Å². The van der Waals surface area contributed by atoms with Crippen LogP contribution in [0.4, 0.5) is 10.1 Å². The summed E-state index contributed by atoms with van der Waals surface area (Å²) in [5.41, 5.74) is 5.97. The summed E-state index contributed by atoms with van der Waals surface area (Å²) < 4.78 is 18.6. The van der Waals surface area contributed by atoms with E-state index in [1.54, 1.807) is 6.07 Å². The van der Waals surface area contributed by atoms with Gasteiger partial charge in [-0.05, 0) is 36.4 Å². The molecule has 2 aromatic carbocycles. The van der Waals surface area contributed by atoms with Crippen molar-refractivity contribution >= 4 is 23.1 Å². The Balaban J connectivity index is 2.47. The zero-order valence-corrected chi connectivity index (χ0v) is 10.9. The number of hydrogen-bond acceptors (Lipinski definition) is 3. The minimum absolute atomic E-state index is 0.105. The van der Waals surface area contributed by atoms with Crippen molar-refractivity contribution in [3.8, 4) is 5.75 Å². The lowest BCUT2D eigenvalue weighted by molar-refractivity contribution is 0.103. The van der Waals surface area contributed by atoms with E-state index in [-0.39, 0.29) is 16.1 Å². The molecule has 0 amide bonds. The molecule has 5 heteroatoms. The molecule has 0 spiro atoms. The first-order chi connectivity index (χ1) is 9.02. The maximum Gasteiger partial charge on any atom is 0.197 e. The molecule has 2 rings (SSSR count). The Morgan fingerprint density at radius 2 is 1.95 bits per heavy atom. The van der Waals surface area contributed by atoms with Crippen LogP contribution < -0.4 is 10.5 Å². The Labute approximate surface area is 114 Å². The first-order valence-electron chi connectivity index (χ1n) is 5.46. The predicted molar refractivity (Wildman–Crippen MR) is 72.2 cm³/mol. The van der Waals surface area contributed by atoms with E-state index in [2.05, 4.69) is 0 Å². The molecule has 0 fully saturated rings. The second-order valence-electron chi connectivity index (χ2n) is 3.91. The number of anilines is 1.